The Morgan fingerprint density at radius 1 is 1.10 bits per heavy atom. The molecule has 0 bridgehead atoms. The molecule has 3 aliphatic heterocycles. The van der Waals surface area contributed by atoms with E-state index in [-0.39, 0.29) is 11.1 Å². The molecule has 222 valence electrons. The maximum absolute atomic E-state index is 5.32. The molecule has 1 aromatic carbocycles. The standard InChI is InChI=1S/C37H49N5/c1-9-32-29(20-33-25(2)19-26(3)38-27(33)4)21-34(30-22-36(5,6)41-37(7,8)23-30)40-35(32)39-31-15-17-42(18-16-31)24-28-13-11-10-12-14-28/h9-14,19,21-22,31,38,41H,1,4,15-18,20,23-24H2,2-3,5-8H3,(H,39,40). The largest absolute Gasteiger partial charge is 0.367 e. The smallest absolute Gasteiger partial charge is 0.134 e. The molecule has 3 aliphatic rings. The van der Waals surface area contributed by atoms with Crippen molar-refractivity contribution in [3.63, 3.8) is 0 Å². The number of pyridine rings is 1. The molecule has 2 aromatic rings. The summed E-state index contributed by atoms with van der Waals surface area (Å²) >= 11 is 0. The number of piperidine rings is 1. The van der Waals surface area contributed by atoms with Crippen LogP contribution in [0.2, 0.25) is 0 Å². The van der Waals surface area contributed by atoms with Gasteiger partial charge in [-0.3, -0.25) is 4.90 Å². The van der Waals surface area contributed by atoms with Gasteiger partial charge in [-0.1, -0.05) is 55.6 Å². The Hall–Kier alpha value is -3.41. The molecule has 0 saturated carbocycles. The minimum absolute atomic E-state index is 0.0191. The van der Waals surface area contributed by atoms with E-state index in [2.05, 4.69) is 124 Å². The highest BCUT2D eigenvalue weighted by Crippen LogP contribution is 2.36. The Kier molecular flexibility index (Phi) is 8.63. The summed E-state index contributed by atoms with van der Waals surface area (Å²) in [5.41, 5.74) is 10.5. The molecule has 1 fully saturated rings. The molecule has 0 aliphatic carbocycles. The van der Waals surface area contributed by atoms with Crippen molar-refractivity contribution in [1.29, 1.82) is 0 Å². The number of rotatable bonds is 8. The van der Waals surface area contributed by atoms with Gasteiger partial charge in [0, 0.05) is 60.1 Å². The normalized spacial score (nSPS) is 21.0. The van der Waals surface area contributed by atoms with E-state index in [9.17, 15) is 0 Å². The number of aromatic nitrogens is 1. The van der Waals surface area contributed by atoms with Crippen LogP contribution in [0.5, 0.6) is 0 Å². The van der Waals surface area contributed by atoms with Crippen LogP contribution in [-0.2, 0) is 13.0 Å². The van der Waals surface area contributed by atoms with Crippen LogP contribution in [0, 0.1) is 0 Å². The molecule has 3 N–H and O–H groups in total. The number of hydrogen-bond acceptors (Lipinski definition) is 5. The number of benzene rings is 1. The molecule has 4 heterocycles. The summed E-state index contributed by atoms with van der Waals surface area (Å²) in [6.45, 7) is 25.1. The van der Waals surface area contributed by atoms with E-state index in [1.807, 2.05) is 6.08 Å². The van der Waals surface area contributed by atoms with Gasteiger partial charge >= 0.3 is 0 Å². The van der Waals surface area contributed by atoms with E-state index in [0.717, 1.165) is 73.8 Å². The van der Waals surface area contributed by atoms with Crippen molar-refractivity contribution < 1.29 is 0 Å². The molecule has 0 radical (unpaired) electrons. The van der Waals surface area contributed by atoms with Crippen LogP contribution in [0.15, 0.2) is 84.2 Å². The van der Waals surface area contributed by atoms with Gasteiger partial charge in [0.1, 0.15) is 5.82 Å². The third kappa shape index (κ3) is 7.14. The van der Waals surface area contributed by atoms with Crippen LogP contribution in [0.4, 0.5) is 5.82 Å². The van der Waals surface area contributed by atoms with Gasteiger partial charge in [0.25, 0.3) is 0 Å². The van der Waals surface area contributed by atoms with E-state index >= 15 is 0 Å². The Morgan fingerprint density at radius 2 is 1.81 bits per heavy atom. The fraction of sp³-hybridized carbons (Fsp3) is 0.432. The topological polar surface area (TPSA) is 52.2 Å². The monoisotopic (exact) mass is 563 g/mol. The first kappa shape index (κ1) is 30.1. The molecule has 0 spiro atoms. The van der Waals surface area contributed by atoms with Crippen molar-refractivity contribution >= 4 is 17.5 Å². The Labute approximate surface area is 253 Å². The molecule has 0 atom stereocenters. The summed E-state index contributed by atoms with van der Waals surface area (Å²) in [7, 11) is 0. The maximum Gasteiger partial charge on any atom is 0.134 e. The number of anilines is 1. The summed E-state index contributed by atoms with van der Waals surface area (Å²) in [5.74, 6) is 0.952. The molecule has 0 unspecified atom stereocenters. The van der Waals surface area contributed by atoms with Gasteiger partial charge < -0.3 is 16.0 Å². The molecule has 0 amide bonds. The van der Waals surface area contributed by atoms with E-state index in [1.165, 1.54) is 27.8 Å². The highest BCUT2D eigenvalue weighted by atomic mass is 15.1. The second-order valence-corrected chi connectivity index (χ2v) is 13.7. The van der Waals surface area contributed by atoms with Crippen molar-refractivity contribution in [1.82, 2.24) is 20.5 Å². The van der Waals surface area contributed by atoms with Gasteiger partial charge in [-0.05, 0) is 101 Å². The highest BCUT2D eigenvalue weighted by molar-refractivity contribution is 5.74. The van der Waals surface area contributed by atoms with Crippen LogP contribution in [0.1, 0.15) is 83.2 Å². The van der Waals surface area contributed by atoms with Gasteiger partial charge in [-0.15, -0.1) is 0 Å². The third-order valence-corrected chi connectivity index (χ3v) is 8.67. The first-order valence-corrected chi connectivity index (χ1v) is 15.5. The zero-order valence-corrected chi connectivity index (χ0v) is 26.5. The minimum Gasteiger partial charge on any atom is -0.367 e. The lowest BCUT2D eigenvalue weighted by Crippen LogP contribution is -2.53. The number of likely N-dealkylation sites (tertiary alicyclic amines) is 1. The van der Waals surface area contributed by atoms with Crippen LogP contribution < -0.4 is 16.0 Å². The summed E-state index contributed by atoms with van der Waals surface area (Å²) < 4.78 is 0. The van der Waals surface area contributed by atoms with Crippen molar-refractivity contribution in [3.05, 3.63) is 107 Å². The fourth-order valence-corrected chi connectivity index (χ4v) is 7.04. The number of nitrogens with one attached hydrogen (secondary N) is 3. The predicted octanol–water partition coefficient (Wildman–Crippen LogP) is 7.61. The molecular formula is C37H49N5. The van der Waals surface area contributed by atoms with Gasteiger partial charge in [-0.2, -0.15) is 0 Å². The lowest BCUT2D eigenvalue weighted by atomic mass is 9.81. The van der Waals surface area contributed by atoms with Gasteiger partial charge in [0.05, 0.1) is 5.69 Å². The van der Waals surface area contributed by atoms with E-state index in [4.69, 9.17) is 4.98 Å². The molecule has 1 saturated heterocycles. The second-order valence-electron chi connectivity index (χ2n) is 13.7. The van der Waals surface area contributed by atoms with Gasteiger partial charge in [-0.25, -0.2) is 4.98 Å². The average Bonchev–Trinajstić information content (AvgIpc) is 2.90. The van der Waals surface area contributed by atoms with Crippen LogP contribution in [0.3, 0.4) is 0 Å². The SMILES string of the molecule is C=Cc1c(CC2=C(C)C=C(C)NC2=C)cc(C2=CC(C)(C)NC(C)(C)C2)nc1NC1CCN(Cc2ccccc2)CC1. The summed E-state index contributed by atoms with van der Waals surface area (Å²) in [6, 6.07) is 13.5. The van der Waals surface area contributed by atoms with E-state index in [1.54, 1.807) is 0 Å². The van der Waals surface area contributed by atoms with Crippen molar-refractivity contribution in [2.45, 2.75) is 90.9 Å². The highest BCUT2D eigenvalue weighted by Gasteiger charge is 2.33. The van der Waals surface area contributed by atoms with E-state index < -0.39 is 0 Å². The quantitative estimate of drug-likeness (QED) is 0.309. The van der Waals surface area contributed by atoms with Gasteiger partial charge in [0.2, 0.25) is 0 Å². The first-order chi connectivity index (χ1) is 19.9. The van der Waals surface area contributed by atoms with Crippen molar-refractivity contribution in [3.8, 4) is 0 Å². The van der Waals surface area contributed by atoms with Crippen molar-refractivity contribution in [2.24, 2.45) is 0 Å². The minimum atomic E-state index is -0.113. The molecular weight excluding hydrogens is 514 g/mol. The average molecular weight is 564 g/mol. The Balaban J connectivity index is 1.46. The third-order valence-electron chi connectivity index (χ3n) is 8.67. The number of nitrogens with zero attached hydrogens (tertiary/aromatic N) is 2. The maximum atomic E-state index is 5.32. The number of hydrogen-bond donors (Lipinski definition) is 3. The predicted molar refractivity (Wildman–Crippen MR) is 179 cm³/mol. The molecule has 5 rings (SSSR count). The zero-order valence-electron chi connectivity index (χ0n) is 26.5. The van der Waals surface area contributed by atoms with Gasteiger partial charge in [0.15, 0.2) is 0 Å². The second kappa shape index (κ2) is 12.1. The molecule has 5 nitrogen and oxygen atoms in total. The Morgan fingerprint density at radius 3 is 2.45 bits per heavy atom. The summed E-state index contributed by atoms with van der Waals surface area (Å²) in [5, 5.41) is 11.1. The number of allylic oxidation sites excluding steroid dienone is 4. The van der Waals surface area contributed by atoms with Crippen molar-refractivity contribution in [2.75, 3.05) is 18.4 Å². The summed E-state index contributed by atoms with van der Waals surface area (Å²) in [4.78, 5) is 7.89. The lowest BCUT2D eigenvalue weighted by molar-refractivity contribution is 0.211. The molecule has 1 aromatic heterocycles. The fourth-order valence-electron chi connectivity index (χ4n) is 7.04. The van der Waals surface area contributed by atoms with Crippen LogP contribution >= 0.6 is 0 Å². The van der Waals surface area contributed by atoms with Crippen LogP contribution in [-0.4, -0.2) is 40.1 Å². The zero-order chi connectivity index (χ0) is 30.1. The number of dihydropyridines is 1. The first-order valence-electron chi connectivity index (χ1n) is 15.5. The molecule has 5 heteroatoms. The van der Waals surface area contributed by atoms with Crippen LogP contribution in [0.25, 0.3) is 11.6 Å². The summed E-state index contributed by atoms with van der Waals surface area (Å²) in [6.07, 6.45) is 10.4. The van der Waals surface area contributed by atoms with E-state index in [0.29, 0.717) is 6.04 Å². The Bertz CT molecular complexity index is 1430. The molecule has 42 heavy (non-hydrogen) atoms. The lowest BCUT2D eigenvalue weighted by Gasteiger charge is -2.41.